The standard InChI is InChI=1S/C14H23BrN2/c1-6-16-11(5)13(9(2)3)14-10(4)7-12(15)8-17-14/h7-9,11,13,16H,6H2,1-5H3. The van der Waals surface area contributed by atoms with Crippen LogP contribution >= 0.6 is 15.9 Å². The first-order valence-corrected chi connectivity index (χ1v) is 7.12. The minimum Gasteiger partial charge on any atom is -0.314 e. The Morgan fingerprint density at radius 3 is 2.47 bits per heavy atom. The molecule has 0 bridgehead atoms. The van der Waals surface area contributed by atoms with E-state index >= 15 is 0 Å². The normalized spacial score (nSPS) is 15.0. The molecule has 0 fully saturated rings. The van der Waals surface area contributed by atoms with Gasteiger partial charge in [0.05, 0.1) is 0 Å². The highest BCUT2D eigenvalue weighted by atomic mass is 79.9. The van der Waals surface area contributed by atoms with Crippen molar-refractivity contribution in [1.29, 1.82) is 0 Å². The third-order valence-corrected chi connectivity index (χ3v) is 3.62. The third-order valence-electron chi connectivity index (χ3n) is 3.18. The van der Waals surface area contributed by atoms with Crippen molar-refractivity contribution in [3.8, 4) is 0 Å². The van der Waals surface area contributed by atoms with Crippen LogP contribution < -0.4 is 5.32 Å². The Balaban J connectivity index is 3.05. The van der Waals surface area contributed by atoms with Gasteiger partial charge in [0.15, 0.2) is 0 Å². The highest BCUT2D eigenvalue weighted by Crippen LogP contribution is 2.29. The summed E-state index contributed by atoms with van der Waals surface area (Å²) in [6.45, 7) is 12.1. The van der Waals surface area contributed by atoms with Crippen molar-refractivity contribution in [2.24, 2.45) is 5.92 Å². The lowest BCUT2D eigenvalue weighted by molar-refractivity contribution is 0.375. The number of pyridine rings is 1. The summed E-state index contributed by atoms with van der Waals surface area (Å²) >= 11 is 3.47. The summed E-state index contributed by atoms with van der Waals surface area (Å²) in [7, 11) is 0. The van der Waals surface area contributed by atoms with Crippen LogP contribution in [0.25, 0.3) is 0 Å². The van der Waals surface area contributed by atoms with Gasteiger partial charge in [0.2, 0.25) is 0 Å². The molecule has 0 aliphatic heterocycles. The zero-order chi connectivity index (χ0) is 13.0. The number of hydrogen-bond donors (Lipinski definition) is 1. The first kappa shape index (κ1) is 14.7. The van der Waals surface area contributed by atoms with Crippen LogP contribution in [-0.4, -0.2) is 17.6 Å². The minimum absolute atomic E-state index is 0.451. The lowest BCUT2D eigenvalue weighted by Gasteiger charge is -2.28. The van der Waals surface area contributed by atoms with Gasteiger partial charge in [-0.15, -0.1) is 0 Å². The fourth-order valence-corrected chi connectivity index (χ4v) is 2.92. The van der Waals surface area contributed by atoms with E-state index in [-0.39, 0.29) is 0 Å². The maximum absolute atomic E-state index is 4.62. The van der Waals surface area contributed by atoms with E-state index in [4.69, 9.17) is 0 Å². The van der Waals surface area contributed by atoms with Crippen LogP contribution in [0.4, 0.5) is 0 Å². The number of aryl methyl sites for hydroxylation is 1. The van der Waals surface area contributed by atoms with Gasteiger partial charge in [-0.3, -0.25) is 4.98 Å². The van der Waals surface area contributed by atoms with E-state index in [2.05, 4.69) is 66.9 Å². The highest BCUT2D eigenvalue weighted by Gasteiger charge is 2.24. The number of halogens is 1. The molecule has 1 rings (SSSR count). The molecule has 1 heterocycles. The SMILES string of the molecule is CCNC(C)C(c1ncc(Br)cc1C)C(C)C. The van der Waals surface area contributed by atoms with Crippen LogP contribution in [0.1, 0.15) is 44.9 Å². The molecule has 0 aromatic carbocycles. The predicted molar refractivity (Wildman–Crippen MR) is 77.4 cm³/mol. The van der Waals surface area contributed by atoms with E-state index in [0.29, 0.717) is 17.9 Å². The third kappa shape index (κ3) is 3.78. The van der Waals surface area contributed by atoms with Crippen molar-refractivity contribution >= 4 is 15.9 Å². The lowest BCUT2D eigenvalue weighted by atomic mass is 9.84. The topological polar surface area (TPSA) is 24.9 Å². The van der Waals surface area contributed by atoms with Crippen LogP contribution in [-0.2, 0) is 0 Å². The molecule has 3 heteroatoms. The number of aromatic nitrogens is 1. The summed E-state index contributed by atoms with van der Waals surface area (Å²) in [5.74, 6) is 1.04. The van der Waals surface area contributed by atoms with E-state index in [1.54, 1.807) is 0 Å². The molecule has 2 unspecified atom stereocenters. The number of likely N-dealkylation sites (N-methyl/N-ethyl adjacent to an activating group) is 1. The molecule has 96 valence electrons. The first-order valence-electron chi connectivity index (χ1n) is 6.32. The summed E-state index contributed by atoms with van der Waals surface area (Å²) in [6.07, 6.45) is 1.90. The second-order valence-corrected chi connectivity index (χ2v) is 5.89. The molecule has 2 atom stereocenters. The monoisotopic (exact) mass is 298 g/mol. The van der Waals surface area contributed by atoms with Crippen molar-refractivity contribution in [1.82, 2.24) is 10.3 Å². The molecule has 0 amide bonds. The second-order valence-electron chi connectivity index (χ2n) is 4.97. The number of nitrogens with zero attached hydrogens (tertiary/aromatic N) is 1. The van der Waals surface area contributed by atoms with E-state index in [0.717, 1.165) is 11.0 Å². The maximum Gasteiger partial charge on any atom is 0.0482 e. The van der Waals surface area contributed by atoms with Gasteiger partial charge in [-0.1, -0.05) is 20.8 Å². The van der Waals surface area contributed by atoms with Crippen LogP contribution in [0.5, 0.6) is 0 Å². The van der Waals surface area contributed by atoms with Gasteiger partial charge in [0.25, 0.3) is 0 Å². The Kier molecular flexibility index (Phi) is 5.60. The van der Waals surface area contributed by atoms with Crippen molar-refractivity contribution in [3.63, 3.8) is 0 Å². The second kappa shape index (κ2) is 6.50. The summed E-state index contributed by atoms with van der Waals surface area (Å²) in [5.41, 5.74) is 2.49. The predicted octanol–water partition coefficient (Wildman–Crippen LogP) is 3.89. The zero-order valence-electron chi connectivity index (χ0n) is 11.4. The smallest absolute Gasteiger partial charge is 0.0482 e. The van der Waals surface area contributed by atoms with E-state index in [1.165, 1.54) is 11.3 Å². The van der Waals surface area contributed by atoms with Crippen molar-refractivity contribution in [2.45, 2.75) is 46.6 Å². The Morgan fingerprint density at radius 1 is 1.35 bits per heavy atom. The van der Waals surface area contributed by atoms with Crippen LogP contribution in [0.15, 0.2) is 16.7 Å². The van der Waals surface area contributed by atoms with E-state index < -0.39 is 0 Å². The number of hydrogen-bond acceptors (Lipinski definition) is 2. The molecule has 1 aromatic rings. The Morgan fingerprint density at radius 2 is 2.00 bits per heavy atom. The fourth-order valence-electron chi connectivity index (χ4n) is 2.48. The summed E-state index contributed by atoms with van der Waals surface area (Å²) < 4.78 is 1.05. The molecule has 0 saturated carbocycles. The molecule has 1 aromatic heterocycles. The van der Waals surface area contributed by atoms with Crippen molar-refractivity contribution in [2.75, 3.05) is 6.54 Å². The Bertz CT molecular complexity index is 363. The van der Waals surface area contributed by atoms with Gasteiger partial charge >= 0.3 is 0 Å². The summed E-state index contributed by atoms with van der Waals surface area (Å²) in [6, 6.07) is 2.60. The number of rotatable bonds is 5. The lowest BCUT2D eigenvalue weighted by Crippen LogP contribution is -2.35. The maximum atomic E-state index is 4.62. The van der Waals surface area contributed by atoms with E-state index in [1.807, 2.05) is 6.20 Å². The highest BCUT2D eigenvalue weighted by molar-refractivity contribution is 9.10. The molecular weight excluding hydrogens is 276 g/mol. The average Bonchev–Trinajstić information content (AvgIpc) is 2.21. The summed E-state index contributed by atoms with van der Waals surface area (Å²) in [4.78, 5) is 4.62. The first-order chi connectivity index (χ1) is 7.97. The van der Waals surface area contributed by atoms with Gasteiger partial charge in [-0.05, 0) is 53.9 Å². The van der Waals surface area contributed by atoms with Gasteiger partial charge in [-0.25, -0.2) is 0 Å². The number of nitrogens with one attached hydrogen (secondary N) is 1. The minimum atomic E-state index is 0.451. The van der Waals surface area contributed by atoms with Crippen LogP contribution in [0, 0.1) is 12.8 Å². The molecule has 0 saturated heterocycles. The van der Waals surface area contributed by atoms with Gasteiger partial charge in [0.1, 0.15) is 0 Å². The molecule has 0 spiro atoms. The molecule has 17 heavy (non-hydrogen) atoms. The average molecular weight is 299 g/mol. The van der Waals surface area contributed by atoms with Crippen molar-refractivity contribution < 1.29 is 0 Å². The van der Waals surface area contributed by atoms with Crippen LogP contribution in [0.2, 0.25) is 0 Å². The van der Waals surface area contributed by atoms with Gasteiger partial charge < -0.3 is 5.32 Å². The van der Waals surface area contributed by atoms with E-state index in [9.17, 15) is 0 Å². The van der Waals surface area contributed by atoms with Gasteiger partial charge in [0, 0.05) is 28.3 Å². The Labute approximate surface area is 113 Å². The molecule has 0 aliphatic rings. The molecule has 2 nitrogen and oxygen atoms in total. The molecule has 0 aliphatic carbocycles. The largest absolute Gasteiger partial charge is 0.314 e. The van der Waals surface area contributed by atoms with Crippen molar-refractivity contribution in [3.05, 3.63) is 28.0 Å². The Hall–Kier alpha value is -0.410. The summed E-state index contributed by atoms with van der Waals surface area (Å²) in [5, 5.41) is 3.52. The van der Waals surface area contributed by atoms with Crippen LogP contribution in [0.3, 0.4) is 0 Å². The molecular formula is C14H23BrN2. The molecule has 0 radical (unpaired) electrons. The zero-order valence-corrected chi connectivity index (χ0v) is 13.0. The fraction of sp³-hybridized carbons (Fsp3) is 0.643. The molecule has 1 N–H and O–H groups in total. The van der Waals surface area contributed by atoms with Gasteiger partial charge in [-0.2, -0.15) is 0 Å². The quantitative estimate of drug-likeness (QED) is 0.892.